The van der Waals surface area contributed by atoms with Crippen LogP contribution in [0.2, 0.25) is 0 Å². The summed E-state index contributed by atoms with van der Waals surface area (Å²) in [6.07, 6.45) is 3.73. The molecule has 9 nitrogen and oxygen atoms in total. The van der Waals surface area contributed by atoms with Gasteiger partial charge >= 0.3 is 0 Å². The number of benzene rings is 1. The van der Waals surface area contributed by atoms with Crippen LogP contribution in [0.3, 0.4) is 0 Å². The molecule has 2 N–H and O–H groups in total. The maximum Gasteiger partial charge on any atom is 0.294 e. The van der Waals surface area contributed by atoms with Gasteiger partial charge in [0, 0.05) is 12.1 Å². The summed E-state index contributed by atoms with van der Waals surface area (Å²) in [5.74, 6) is -0.204. The highest BCUT2D eigenvalue weighted by molar-refractivity contribution is 7.85. The number of rotatable bonds is 9. The number of nitrogens with zero attached hydrogens (tertiary/aromatic N) is 4. The Bertz CT molecular complexity index is 1230. The van der Waals surface area contributed by atoms with E-state index in [4.69, 9.17) is 0 Å². The Balaban J connectivity index is 2.53. The van der Waals surface area contributed by atoms with Crippen molar-refractivity contribution in [3.05, 3.63) is 45.2 Å². The Kier molecular flexibility index (Phi) is 8.30. The van der Waals surface area contributed by atoms with Crippen molar-refractivity contribution in [3.8, 4) is 11.9 Å². The third-order valence-corrected chi connectivity index (χ3v) is 6.47. The van der Waals surface area contributed by atoms with Gasteiger partial charge in [-0.3, -0.25) is 13.9 Å². The first-order valence-corrected chi connectivity index (χ1v) is 11.8. The molecule has 10 heteroatoms. The summed E-state index contributed by atoms with van der Waals surface area (Å²) in [4.78, 5) is 12.6. The number of aryl methyl sites for hydroxylation is 1. The summed E-state index contributed by atoms with van der Waals surface area (Å²) in [6.45, 7) is 7.37. The average molecular weight is 461 g/mol. The van der Waals surface area contributed by atoms with Gasteiger partial charge in [0.25, 0.3) is 15.7 Å². The maximum atomic E-state index is 12.8. The van der Waals surface area contributed by atoms with E-state index in [2.05, 4.69) is 17.2 Å². The van der Waals surface area contributed by atoms with E-state index in [0.717, 1.165) is 25.7 Å². The van der Waals surface area contributed by atoms with E-state index >= 15 is 0 Å². The summed E-state index contributed by atoms with van der Waals surface area (Å²) in [5, 5.41) is 28.4. The Labute approximate surface area is 187 Å². The molecule has 32 heavy (non-hydrogen) atoms. The summed E-state index contributed by atoms with van der Waals surface area (Å²) in [6, 6.07) is 5.87. The lowest BCUT2D eigenvalue weighted by molar-refractivity contribution is 0.340. The van der Waals surface area contributed by atoms with E-state index < -0.39 is 15.7 Å². The minimum Gasteiger partial charge on any atom is -0.493 e. The van der Waals surface area contributed by atoms with Gasteiger partial charge in [-0.25, -0.2) is 0 Å². The number of nitriles is 1. The van der Waals surface area contributed by atoms with Crippen molar-refractivity contribution in [2.24, 2.45) is 16.1 Å². The lowest BCUT2D eigenvalue weighted by atomic mass is 9.99. The molecule has 1 heterocycles. The van der Waals surface area contributed by atoms with Crippen LogP contribution in [-0.2, 0) is 16.7 Å². The third-order valence-electron chi connectivity index (χ3n) is 5.45. The van der Waals surface area contributed by atoms with Crippen LogP contribution in [0, 0.1) is 31.1 Å². The fourth-order valence-electron chi connectivity index (χ4n) is 3.49. The zero-order chi connectivity index (χ0) is 24.1. The third kappa shape index (κ3) is 5.60. The van der Waals surface area contributed by atoms with E-state index in [0.29, 0.717) is 0 Å². The SMILES string of the molecule is CCCCC(CC)Cn1c(O)c(N=Nc2ccc(S(=O)(=O)O)c(C)c2)c(C)c(C#N)c1=O. The Morgan fingerprint density at radius 3 is 2.44 bits per heavy atom. The van der Waals surface area contributed by atoms with E-state index in [9.17, 15) is 28.1 Å². The molecule has 1 aromatic carbocycles. The van der Waals surface area contributed by atoms with Gasteiger partial charge < -0.3 is 5.11 Å². The Morgan fingerprint density at radius 2 is 1.91 bits per heavy atom. The first kappa shape index (κ1) is 25.2. The molecule has 2 aromatic rings. The van der Waals surface area contributed by atoms with Crippen LogP contribution in [0.1, 0.15) is 56.2 Å². The van der Waals surface area contributed by atoms with Crippen LogP contribution in [0.5, 0.6) is 5.88 Å². The first-order valence-electron chi connectivity index (χ1n) is 10.4. The smallest absolute Gasteiger partial charge is 0.294 e. The highest BCUT2D eigenvalue weighted by Gasteiger charge is 2.21. The number of hydrogen-bond donors (Lipinski definition) is 2. The number of pyridine rings is 1. The quantitative estimate of drug-likeness (QED) is 0.401. The molecule has 0 saturated carbocycles. The van der Waals surface area contributed by atoms with E-state index in [-0.39, 0.29) is 51.3 Å². The van der Waals surface area contributed by atoms with Gasteiger partial charge in [0.2, 0.25) is 5.88 Å². The van der Waals surface area contributed by atoms with Gasteiger partial charge in [-0.2, -0.15) is 18.8 Å². The number of aromatic hydroxyl groups is 1. The predicted octanol–water partition coefficient (Wildman–Crippen LogP) is 4.92. The molecule has 0 aliphatic rings. The van der Waals surface area contributed by atoms with Crippen molar-refractivity contribution in [1.29, 1.82) is 5.26 Å². The molecule has 0 aliphatic heterocycles. The highest BCUT2D eigenvalue weighted by atomic mass is 32.2. The molecule has 0 amide bonds. The maximum absolute atomic E-state index is 12.8. The molecule has 1 atom stereocenters. The summed E-state index contributed by atoms with van der Waals surface area (Å²) in [7, 11) is -4.36. The van der Waals surface area contributed by atoms with Gasteiger partial charge in [-0.05, 0) is 49.9 Å². The van der Waals surface area contributed by atoms with E-state index in [1.807, 2.05) is 13.0 Å². The van der Waals surface area contributed by atoms with Crippen LogP contribution in [0.4, 0.5) is 11.4 Å². The summed E-state index contributed by atoms with van der Waals surface area (Å²) in [5.41, 5.74) is 0.0873. The monoisotopic (exact) mass is 460 g/mol. The van der Waals surface area contributed by atoms with E-state index in [1.165, 1.54) is 36.6 Å². The topological polar surface area (TPSA) is 145 Å². The molecule has 2 rings (SSSR count). The second kappa shape index (κ2) is 10.5. The molecular formula is C22H28N4O5S. The molecule has 0 spiro atoms. The Hall–Kier alpha value is -3.03. The number of unbranched alkanes of at least 4 members (excludes halogenated alkanes) is 1. The second-order valence-electron chi connectivity index (χ2n) is 7.74. The van der Waals surface area contributed by atoms with Crippen molar-refractivity contribution >= 4 is 21.5 Å². The standard InChI is InChI=1S/C22H28N4O5S/c1-5-7-8-16(6-2)13-26-21(27)18(12-23)15(4)20(22(26)28)25-24-17-9-10-19(14(3)11-17)32(29,30)31/h9-11,16,28H,5-8,13H2,1-4H3,(H,29,30,31). The minimum atomic E-state index is -4.36. The van der Waals surface area contributed by atoms with Crippen molar-refractivity contribution in [3.63, 3.8) is 0 Å². The van der Waals surface area contributed by atoms with Gasteiger partial charge in [0.05, 0.1) is 10.6 Å². The fraction of sp³-hybridized carbons (Fsp3) is 0.455. The van der Waals surface area contributed by atoms with Crippen LogP contribution in [-0.4, -0.2) is 22.6 Å². The number of hydrogen-bond acceptors (Lipinski definition) is 7. The van der Waals surface area contributed by atoms with Gasteiger partial charge in [0.1, 0.15) is 11.6 Å². The molecule has 1 aromatic heterocycles. The molecule has 1 unspecified atom stereocenters. The molecular weight excluding hydrogens is 432 g/mol. The van der Waals surface area contributed by atoms with Crippen molar-refractivity contribution in [2.75, 3.05) is 0 Å². The van der Waals surface area contributed by atoms with E-state index in [1.54, 1.807) is 0 Å². The molecule has 0 fully saturated rings. The normalized spacial score (nSPS) is 12.8. The fourth-order valence-corrected chi connectivity index (χ4v) is 4.20. The number of aromatic nitrogens is 1. The molecule has 0 aliphatic carbocycles. The zero-order valence-corrected chi connectivity index (χ0v) is 19.5. The van der Waals surface area contributed by atoms with Gasteiger partial charge in [0.15, 0.2) is 5.69 Å². The predicted molar refractivity (Wildman–Crippen MR) is 120 cm³/mol. The van der Waals surface area contributed by atoms with Crippen molar-refractivity contribution in [2.45, 2.75) is 64.8 Å². The Morgan fingerprint density at radius 1 is 1.22 bits per heavy atom. The van der Waals surface area contributed by atoms with Crippen LogP contribution >= 0.6 is 0 Å². The van der Waals surface area contributed by atoms with Crippen LogP contribution < -0.4 is 5.56 Å². The largest absolute Gasteiger partial charge is 0.493 e. The molecule has 0 saturated heterocycles. The van der Waals surface area contributed by atoms with Gasteiger partial charge in [-0.15, -0.1) is 5.11 Å². The zero-order valence-electron chi connectivity index (χ0n) is 18.7. The highest BCUT2D eigenvalue weighted by Crippen LogP contribution is 2.33. The second-order valence-corrected chi connectivity index (χ2v) is 9.13. The summed E-state index contributed by atoms with van der Waals surface area (Å²) < 4.78 is 33.1. The lowest BCUT2D eigenvalue weighted by Gasteiger charge is -2.19. The molecule has 172 valence electrons. The first-order chi connectivity index (χ1) is 15.0. The molecule has 0 radical (unpaired) electrons. The average Bonchev–Trinajstić information content (AvgIpc) is 2.72. The van der Waals surface area contributed by atoms with Crippen molar-refractivity contribution in [1.82, 2.24) is 4.57 Å². The molecule has 0 bridgehead atoms. The number of azo groups is 1. The minimum absolute atomic E-state index is 0.00278. The summed E-state index contributed by atoms with van der Waals surface area (Å²) >= 11 is 0. The van der Waals surface area contributed by atoms with Crippen molar-refractivity contribution < 1.29 is 18.1 Å². The van der Waals surface area contributed by atoms with Gasteiger partial charge in [-0.1, -0.05) is 33.1 Å². The van der Waals surface area contributed by atoms with Crippen LogP contribution in [0.15, 0.2) is 38.1 Å². The lowest BCUT2D eigenvalue weighted by Crippen LogP contribution is -2.27. The van der Waals surface area contributed by atoms with Crippen LogP contribution in [0.25, 0.3) is 0 Å².